The first-order valence-corrected chi connectivity index (χ1v) is 11.6. The van der Waals surface area contributed by atoms with Gasteiger partial charge in [-0.1, -0.05) is 74.7 Å². The number of rotatable bonds is 10. The minimum absolute atomic E-state index is 0.126. The minimum atomic E-state index is -0.791. The van der Waals surface area contributed by atoms with E-state index in [-0.39, 0.29) is 24.0 Å². The molecule has 1 fully saturated rings. The third kappa shape index (κ3) is 6.27. The quantitative estimate of drug-likeness (QED) is 0.465. The molecule has 3 rings (SSSR count). The van der Waals surface area contributed by atoms with Gasteiger partial charge in [-0.05, 0) is 53.9 Å². The van der Waals surface area contributed by atoms with Crippen LogP contribution in [0.4, 0.5) is 0 Å². The molecule has 3 atom stereocenters. The SMILES string of the molecule is CCCCCC(O)c1ccc(C2C(=O)CCCC2c2ccc(CCC(=O)O)cc2)cc1. The summed E-state index contributed by atoms with van der Waals surface area (Å²) in [4.78, 5) is 23.7. The Morgan fingerprint density at radius 1 is 1.03 bits per heavy atom. The number of ketones is 1. The third-order valence-electron chi connectivity index (χ3n) is 6.48. The lowest BCUT2D eigenvalue weighted by atomic mass is 9.71. The van der Waals surface area contributed by atoms with Crippen molar-refractivity contribution in [2.24, 2.45) is 0 Å². The van der Waals surface area contributed by atoms with E-state index in [2.05, 4.69) is 19.1 Å². The predicted octanol–water partition coefficient (Wildman–Crippen LogP) is 5.94. The molecule has 3 unspecified atom stereocenters. The van der Waals surface area contributed by atoms with Gasteiger partial charge in [0.25, 0.3) is 0 Å². The first-order chi connectivity index (χ1) is 15.0. The monoisotopic (exact) mass is 422 g/mol. The molecule has 2 aromatic carbocycles. The maximum atomic E-state index is 12.9. The van der Waals surface area contributed by atoms with Gasteiger partial charge >= 0.3 is 5.97 Å². The molecule has 0 saturated heterocycles. The van der Waals surface area contributed by atoms with E-state index in [4.69, 9.17) is 5.11 Å². The van der Waals surface area contributed by atoms with Crippen LogP contribution in [0.15, 0.2) is 48.5 Å². The molecular weight excluding hydrogens is 388 g/mol. The van der Waals surface area contributed by atoms with Gasteiger partial charge in [0, 0.05) is 18.8 Å². The highest BCUT2D eigenvalue weighted by Gasteiger charge is 2.34. The Labute approximate surface area is 185 Å². The number of aliphatic carboxylic acids is 1. The first-order valence-electron chi connectivity index (χ1n) is 11.6. The topological polar surface area (TPSA) is 74.6 Å². The number of benzene rings is 2. The number of carbonyl (C=O) groups is 2. The van der Waals surface area contributed by atoms with E-state index >= 15 is 0 Å². The number of Topliss-reactive ketones (excluding diaryl/α,β-unsaturated/α-hetero) is 1. The Bertz CT molecular complexity index is 854. The van der Waals surface area contributed by atoms with Crippen LogP contribution in [0, 0.1) is 0 Å². The van der Waals surface area contributed by atoms with Gasteiger partial charge in [0.1, 0.15) is 5.78 Å². The molecule has 2 aromatic rings. The highest BCUT2D eigenvalue weighted by molar-refractivity contribution is 5.87. The van der Waals surface area contributed by atoms with Gasteiger partial charge in [-0.15, -0.1) is 0 Å². The average Bonchev–Trinajstić information content (AvgIpc) is 2.78. The van der Waals surface area contributed by atoms with Gasteiger partial charge in [0.2, 0.25) is 0 Å². The standard InChI is InChI=1S/C27H34O4/c1-2-3-4-7-24(28)21-14-16-22(17-15-21)27-23(6-5-8-25(27)29)20-12-9-19(10-13-20)11-18-26(30)31/h9-10,12-17,23-24,27-28H,2-8,11,18H2,1H3,(H,30,31). The van der Waals surface area contributed by atoms with E-state index in [9.17, 15) is 14.7 Å². The van der Waals surface area contributed by atoms with Gasteiger partial charge in [0.15, 0.2) is 0 Å². The second-order valence-electron chi connectivity index (χ2n) is 8.76. The average molecular weight is 423 g/mol. The number of hydrogen-bond acceptors (Lipinski definition) is 3. The van der Waals surface area contributed by atoms with Crippen LogP contribution in [0.1, 0.15) is 98.5 Å². The summed E-state index contributed by atoms with van der Waals surface area (Å²) in [5.41, 5.74) is 4.09. The van der Waals surface area contributed by atoms with Gasteiger partial charge in [-0.3, -0.25) is 9.59 Å². The molecule has 0 heterocycles. The number of aliphatic hydroxyl groups excluding tert-OH is 1. The summed E-state index contributed by atoms with van der Waals surface area (Å²) in [7, 11) is 0. The second kappa shape index (κ2) is 11.2. The summed E-state index contributed by atoms with van der Waals surface area (Å²) in [5.74, 6) is -0.539. The molecule has 166 valence electrons. The molecular formula is C27H34O4. The molecule has 4 heteroatoms. The van der Waals surface area contributed by atoms with Gasteiger partial charge in [-0.2, -0.15) is 0 Å². The molecule has 4 nitrogen and oxygen atoms in total. The lowest BCUT2D eigenvalue weighted by Crippen LogP contribution is -2.25. The van der Waals surface area contributed by atoms with E-state index in [1.165, 1.54) is 0 Å². The smallest absolute Gasteiger partial charge is 0.303 e. The Morgan fingerprint density at radius 3 is 2.35 bits per heavy atom. The number of carboxylic acid groups (broad SMARTS) is 1. The summed E-state index contributed by atoms with van der Waals surface area (Å²) >= 11 is 0. The minimum Gasteiger partial charge on any atom is -0.481 e. The zero-order chi connectivity index (χ0) is 22.2. The number of unbranched alkanes of at least 4 members (excludes halogenated alkanes) is 2. The number of hydrogen-bond donors (Lipinski definition) is 2. The predicted molar refractivity (Wildman–Crippen MR) is 122 cm³/mol. The molecule has 2 N–H and O–H groups in total. The summed E-state index contributed by atoms with van der Waals surface area (Å²) in [6, 6.07) is 16.1. The summed E-state index contributed by atoms with van der Waals surface area (Å²) in [6.45, 7) is 2.16. The molecule has 31 heavy (non-hydrogen) atoms. The molecule has 1 aliphatic carbocycles. The Balaban J connectivity index is 1.75. The fourth-order valence-electron chi connectivity index (χ4n) is 4.68. The van der Waals surface area contributed by atoms with Gasteiger partial charge in [-0.25, -0.2) is 0 Å². The number of aliphatic hydroxyl groups is 1. The zero-order valence-corrected chi connectivity index (χ0v) is 18.4. The molecule has 0 bridgehead atoms. The summed E-state index contributed by atoms with van der Waals surface area (Å²) in [6.07, 6.45) is 6.72. The number of carbonyl (C=O) groups excluding carboxylic acids is 1. The van der Waals surface area contributed by atoms with Crippen LogP contribution >= 0.6 is 0 Å². The van der Waals surface area contributed by atoms with Gasteiger partial charge < -0.3 is 10.2 Å². The summed E-state index contributed by atoms with van der Waals surface area (Å²) < 4.78 is 0. The third-order valence-corrected chi connectivity index (χ3v) is 6.48. The normalized spacial score (nSPS) is 19.9. The Morgan fingerprint density at radius 2 is 1.71 bits per heavy atom. The fraction of sp³-hybridized carbons (Fsp3) is 0.481. The van der Waals surface area contributed by atoms with Gasteiger partial charge in [0.05, 0.1) is 6.10 Å². The summed E-state index contributed by atoms with van der Waals surface area (Å²) in [5, 5.41) is 19.3. The van der Waals surface area contributed by atoms with Crippen LogP contribution in [0.3, 0.4) is 0 Å². The van der Waals surface area contributed by atoms with Crippen molar-refractivity contribution in [3.63, 3.8) is 0 Å². The van der Waals surface area contributed by atoms with Crippen molar-refractivity contribution in [1.82, 2.24) is 0 Å². The molecule has 1 aliphatic rings. The van der Waals surface area contributed by atoms with E-state index in [1.807, 2.05) is 36.4 Å². The molecule has 0 spiro atoms. The van der Waals surface area contributed by atoms with E-state index in [0.717, 1.165) is 60.8 Å². The Kier molecular flexibility index (Phi) is 8.42. The van der Waals surface area contributed by atoms with Crippen LogP contribution in [0.2, 0.25) is 0 Å². The van der Waals surface area contributed by atoms with Crippen molar-refractivity contribution in [3.05, 3.63) is 70.8 Å². The highest BCUT2D eigenvalue weighted by Crippen LogP contribution is 2.42. The number of aryl methyl sites for hydroxylation is 1. The van der Waals surface area contributed by atoms with Crippen molar-refractivity contribution < 1.29 is 19.8 Å². The van der Waals surface area contributed by atoms with Crippen molar-refractivity contribution >= 4 is 11.8 Å². The number of carboxylic acids is 1. The van der Waals surface area contributed by atoms with Crippen molar-refractivity contribution in [2.75, 3.05) is 0 Å². The first kappa shape index (κ1) is 23.2. The van der Waals surface area contributed by atoms with E-state index in [1.54, 1.807) is 0 Å². The van der Waals surface area contributed by atoms with Crippen molar-refractivity contribution in [1.29, 1.82) is 0 Å². The largest absolute Gasteiger partial charge is 0.481 e. The maximum Gasteiger partial charge on any atom is 0.303 e. The van der Waals surface area contributed by atoms with E-state index in [0.29, 0.717) is 12.8 Å². The van der Waals surface area contributed by atoms with Crippen molar-refractivity contribution in [2.45, 2.75) is 82.7 Å². The molecule has 0 aromatic heterocycles. The molecule has 0 amide bonds. The lowest BCUT2D eigenvalue weighted by Gasteiger charge is -2.31. The van der Waals surface area contributed by atoms with Crippen molar-refractivity contribution in [3.8, 4) is 0 Å². The molecule has 0 aliphatic heterocycles. The fourth-order valence-corrected chi connectivity index (χ4v) is 4.68. The van der Waals surface area contributed by atoms with Crippen LogP contribution in [0.5, 0.6) is 0 Å². The van der Waals surface area contributed by atoms with Crippen LogP contribution in [-0.2, 0) is 16.0 Å². The van der Waals surface area contributed by atoms with E-state index < -0.39 is 12.1 Å². The highest BCUT2D eigenvalue weighted by atomic mass is 16.4. The van der Waals surface area contributed by atoms with Crippen LogP contribution < -0.4 is 0 Å². The zero-order valence-electron chi connectivity index (χ0n) is 18.4. The van der Waals surface area contributed by atoms with Crippen LogP contribution in [0.25, 0.3) is 0 Å². The molecule has 0 radical (unpaired) electrons. The molecule has 1 saturated carbocycles. The lowest BCUT2D eigenvalue weighted by molar-refractivity contribution is -0.137. The second-order valence-corrected chi connectivity index (χ2v) is 8.76. The maximum absolute atomic E-state index is 12.9. The Hall–Kier alpha value is -2.46. The van der Waals surface area contributed by atoms with Crippen LogP contribution in [-0.4, -0.2) is 22.0 Å².